The van der Waals surface area contributed by atoms with Gasteiger partial charge in [-0.15, -0.1) is 0 Å². The molecule has 0 spiro atoms. The van der Waals surface area contributed by atoms with E-state index in [0.717, 1.165) is 26.2 Å². The van der Waals surface area contributed by atoms with Crippen molar-refractivity contribution in [3.63, 3.8) is 0 Å². The van der Waals surface area contributed by atoms with Gasteiger partial charge in [-0.05, 0) is 45.7 Å². The predicted octanol–water partition coefficient (Wildman–Crippen LogP) is 3.25. The molecule has 0 amide bonds. The van der Waals surface area contributed by atoms with Gasteiger partial charge in [0.05, 0.1) is 11.2 Å². The molecule has 6 heteroatoms. The van der Waals surface area contributed by atoms with Crippen molar-refractivity contribution >= 4 is 20.6 Å². The highest BCUT2D eigenvalue weighted by Crippen LogP contribution is 2.40. The summed E-state index contributed by atoms with van der Waals surface area (Å²) < 4.78 is 12.5. The van der Waals surface area contributed by atoms with Gasteiger partial charge in [0.1, 0.15) is 0 Å². The van der Waals surface area contributed by atoms with Gasteiger partial charge in [-0.1, -0.05) is 36.4 Å². The molecule has 2 fully saturated rings. The second-order valence-electron chi connectivity index (χ2n) is 9.09. The van der Waals surface area contributed by atoms with Crippen molar-refractivity contribution in [3.05, 3.63) is 47.4 Å². The maximum atomic E-state index is 6.27. The van der Waals surface area contributed by atoms with Gasteiger partial charge in [-0.3, -0.25) is 9.80 Å². The molecule has 1 aromatic rings. The number of fused-ring (bicyclic) bond motifs is 1. The molecular weight excluding hydrogens is 355 g/mol. The van der Waals surface area contributed by atoms with Gasteiger partial charge in [-0.2, -0.15) is 13.5 Å². The summed E-state index contributed by atoms with van der Waals surface area (Å²) in [5.74, 6) is 0. The summed E-state index contributed by atoms with van der Waals surface area (Å²) >= 11 is 0. The molecule has 0 N–H and O–H groups in total. The molecule has 0 aliphatic carbocycles. The molecule has 1 aromatic carbocycles. The fraction of sp³-hybridized carbons (Fsp3) is 0.619. The fourth-order valence-electron chi connectivity index (χ4n) is 4.19. The first-order chi connectivity index (χ1) is 12.2. The summed E-state index contributed by atoms with van der Waals surface area (Å²) in [6, 6.07) is 11.8. The smallest absolute Gasteiger partial charge is 0.400 e. The minimum Gasteiger partial charge on any atom is -0.400 e. The third-order valence-electron chi connectivity index (χ3n) is 6.59. The maximum Gasteiger partial charge on any atom is 0.491 e. The van der Waals surface area contributed by atoms with E-state index in [1.54, 1.807) is 0 Å². The second kappa shape index (κ2) is 7.56. The van der Waals surface area contributed by atoms with Crippen LogP contribution >= 0.6 is 13.5 Å². The van der Waals surface area contributed by atoms with Gasteiger partial charge in [0.25, 0.3) is 0 Å². The first kappa shape index (κ1) is 20.9. The Morgan fingerprint density at radius 3 is 2.30 bits per heavy atom. The highest BCUT2D eigenvalue weighted by molar-refractivity contribution is 7.59. The van der Waals surface area contributed by atoms with Crippen LogP contribution in [0.2, 0.25) is 0 Å². The van der Waals surface area contributed by atoms with Crippen LogP contribution in [0.5, 0.6) is 0 Å². The lowest BCUT2D eigenvalue weighted by molar-refractivity contribution is 0.00578. The average Bonchev–Trinajstić information content (AvgIpc) is 3.06. The zero-order valence-electron chi connectivity index (χ0n) is 17.2. The molecule has 3 heterocycles. The summed E-state index contributed by atoms with van der Waals surface area (Å²) in [7, 11) is -0.205. The van der Waals surface area contributed by atoms with Crippen molar-refractivity contribution < 1.29 is 9.31 Å². The minimum absolute atomic E-state index is 0. The number of hydrogen-bond donors (Lipinski definition) is 0. The number of hydrogen-bond acceptors (Lipinski definition) is 4. The summed E-state index contributed by atoms with van der Waals surface area (Å²) in [4.78, 5) is 5.17. The quantitative estimate of drug-likeness (QED) is 0.743. The Morgan fingerprint density at radius 1 is 1.04 bits per heavy atom. The molecule has 4 nitrogen and oxygen atoms in total. The van der Waals surface area contributed by atoms with E-state index in [2.05, 4.69) is 80.8 Å². The Bertz CT molecular complexity index is 679. The Kier molecular flexibility index (Phi) is 5.86. The van der Waals surface area contributed by atoms with Crippen LogP contribution in [0.25, 0.3) is 0 Å². The molecule has 2 saturated heterocycles. The van der Waals surface area contributed by atoms with E-state index in [4.69, 9.17) is 9.31 Å². The van der Waals surface area contributed by atoms with Gasteiger partial charge >= 0.3 is 7.12 Å². The van der Waals surface area contributed by atoms with Gasteiger partial charge < -0.3 is 9.31 Å². The summed E-state index contributed by atoms with van der Waals surface area (Å²) in [5, 5.41) is 0. The van der Waals surface area contributed by atoms with Crippen LogP contribution in [0.15, 0.2) is 41.9 Å². The third-order valence-corrected chi connectivity index (χ3v) is 6.59. The zero-order chi connectivity index (χ0) is 18.5. The third kappa shape index (κ3) is 4.01. The Balaban J connectivity index is 0.00000210. The van der Waals surface area contributed by atoms with E-state index in [1.807, 2.05) is 0 Å². The van der Waals surface area contributed by atoms with Gasteiger partial charge in [0.15, 0.2) is 0 Å². The van der Waals surface area contributed by atoms with Crippen LogP contribution < -0.4 is 0 Å². The van der Waals surface area contributed by atoms with Crippen molar-refractivity contribution in [2.24, 2.45) is 0 Å². The maximum absolute atomic E-state index is 6.27. The monoisotopic (exact) mass is 388 g/mol. The van der Waals surface area contributed by atoms with Crippen LogP contribution in [0.1, 0.15) is 40.2 Å². The normalized spacial score (nSPS) is 30.0. The highest BCUT2D eigenvalue weighted by atomic mass is 32.1. The summed E-state index contributed by atoms with van der Waals surface area (Å²) in [6.07, 6.45) is 2.39. The minimum atomic E-state index is -0.270. The van der Waals surface area contributed by atoms with Crippen LogP contribution in [-0.4, -0.2) is 59.8 Å². The lowest BCUT2D eigenvalue weighted by Crippen LogP contribution is -2.54. The molecule has 4 rings (SSSR count). The summed E-state index contributed by atoms with van der Waals surface area (Å²) in [6.45, 7) is 15.0. The first-order valence-electron chi connectivity index (χ1n) is 9.83. The Morgan fingerprint density at radius 2 is 1.67 bits per heavy atom. The van der Waals surface area contributed by atoms with Crippen molar-refractivity contribution in [2.75, 3.05) is 19.6 Å². The lowest BCUT2D eigenvalue weighted by atomic mass is 9.78. The van der Waals surface area contributed by atoms with E-state index in [0.29, 0.717) is 12.1 Å². The van der Waals surface area contributed by atoms with Crippen LogP contribution in [0.4, 0.5) is 0 Å². The second-order valence-corrected chi connectivity index (χ2v) is 9.09. The predicted molar refractivity (Wildman–Crippen MR) is 116 cm³/mol. The largest absolute Gasteiger partial charge is 0.491 e. The van der Waals surface area contributed by atoms with E-state index in [-0.39, 0.29) is 31.8 Å². The van der Waals surface area contributed by atoms with Crippen LogP contribution in [0.3, 0.4) is 0 Å². The highest BCUT2D eigenvalue weighted by Gasteiger charge is 2.53. The number of rotatable bonds is 3. The van der Waals surface area contributed by atoms with E-state index in [9.17, 15) is 0 Å². The van der Waals surface area contributed by atoms with E-state index < -0.39 is 0 Å². The topological polar surface area (TPSA) is 24.9 Å². The Labute approximate surface area is 171 Å². The zero-order valence-corrected chi connectivity index (χ0v) is 18.2. The van der Waals surface area contributed by atoms with Crippen molar-refractivity contribution in [1.82, 2.24) is 9.80 Å². The molecule has 3 aliphatic rings. The standard InChI is InChI=1S/C21H31BN2O2.H2S/c1-16-12-24-14-18(22-25-20(2,3)21(4,5)26-22)11-19(24)15-23(16)13-17-9-7-6-8-10-17;/h6-11,16,19H,12-15H2,1-5H3;1H2/t16-,19+;/m1./s1. The molecule has 0 bridgehead atoms. The number of piperazine rings is 1. The van der Waals surface area contributed by atoms with E-state index in [1.165, 1.54) is 11.0 Å². The van der Waals surface area contributed by atoms with Crippen molar-refractivity contribution in [1.29, 1.82) is 0 Å². The fourth-order valence-corrected chi connectivity index (χ4v) is 4.19. The number of nitrogens with zero attached hydrogens (tertiary/aromatic N) is 2. The van der Waals surface area contributed by atoms with Crippen LogP contribution in [-0.2, 0) is 15.9 Å². The van der Waals surface area contributed by atoms with Gasteiger partial charge in [0, 0.05) is 38.3 Å². The SMILES string of the molecule is C[C@@H]1CN2CC(B3OC(C)(C)C(C)(C)O3)=C[C@H]2CN1Cc1ccccc1.S. The van der Waals surface area contributed by atoms with Crippen molar-refractivity contribution in [3.8, 4) is 0 Å². The van der Waals surface area contributed by atoms with E-state index >= 15 is 0 Å². The molecule has 27 heavy (non-hydrogen) atoms. The molecule has 0 radical (unpaired) electrons. The summed E-state index contributed by atoms with van der Waals surface area (Å²) in [5.41, 5.74) is 2.14. The molecule has 3 aliphatic heterocycles. The van der Waals surface area contributed by atoms with Crippen LogP contribution in [0, 0.1) is 0 Å². The molecule has 0 saturated carbocycles. The molecule has 0 aromatic heterocycles. The first-order valence-corrected chi connectivity index (χ1v) is 9.83. The number of benzene rings is 1. The van der Waals surface area contributed by atoms with Gasteiger partial charge in [-0.25, -0.2) is 0 Å². The Hall–Kier alpha value is -0.785. The molecular formula is C21H33BN2O2S. The average molecular weight is 388 g/mol. The lowest BCUT2D eigenvalue weighted by Gasteiger charge is -2.42. The van der Waals surface area contributed by atoms with Crippen molar-refractivity contribution in [2.45, 2.75) is 64.4 Å². The molecule has 148 valence electrons. The molecule has 0 unspecified atom stereocenters. The van der Waals surface area contributed by atoms with Gasteiger partial charge in [0.2, 0.25) is 0 Å². The molecule has 2 atom stereocenters.